The lowest BCUT2D eigenvalue weighted by Gasteiger charge is -2.20. The molecule has 146 valence electrons. The lowest BCUT2D eigenvalue weighted by atomic mass is 9.97. The smallest absolute Gasteiger partial charge is 0.224 e. The maximum atomic E-state index is 11.2. The minimum Gasteiger partial charge on any atom is -0.495 e. The number of carbonyl (C=O) groups is 3. The number of nitrogens with one attached hydrogen (secondary N) is 2. The quantitative estimate of drug-likeness (QED) is 0.796. The maximum Gasteiger partial charge on any atom is 0.224 e. The van der Waals surface area contributed by atoms with Crippen LogP contribution < -0.4 is 20.1 Å². The summed E-state index contributed by atoms with van der Waals surface area (Å²) in [6, 6.07) is 9.20. The number of fused-ring (bicyclic) bond motifs is 2. The molecule has 2 amide bonds. The van der Waals surface area contributed by atoms with Gasteiger partial charge in [-0.2, -0.15) is 0 Å². The Morgan fingerprint density at radius 1 is 0.821 bits per heavy atom. The molecule has 2 aromatic carbocycles. The third-order valence-corrected chi connectivity index (χ3v) is 4.74. The number of anilines is 2. The van der Waals surface area contributed by atoms with Crippen LogP contribution in [0.1, 0.15) is 34.3 Å². The van der Waals surface area contributed by atoms with Crippen molar-refractivity contribution in [3.8, 4) is 11.5 Å². The van der Waals surface area contributed by atoms with Crippen LogP contribution >= 0.6 is 0 Å². The van der Waals surface area contributed by atoms with Crippen LogP contribution in [0.3, 0.4) is 0 Å². The molecule has 0 aromatic heterocycles. The van der Waals surface area contributed by atoms with Gasteiger partial charge in [0.15, 0.2) is 0 Å². The molecule has 7 heteroatoms. The van der Waals surface area contributed by atoms with Crippen LogP contribution in [0.2, 0.25) is 0 Å². The molecular formula is C21H22N2O5. The van der Waals surface area contributed by atoms with Gasteiger partial charge in [-0.05, 0) is 42.2 Å². The highest BCUT2D eigenvalue weighted by Crippen LogP contribution is 2.34. The lowest BCUT2D eigenvalue weighted by Crippen LogP contribution is -2.20. The number of para-hydroxylation sites is 1. The van der Waals surface area contributed by atoms with E-state index < -0.39 is 0 Å². The van der Waals surface area contributed by atoms with Gasteiger partial charge in [0.25, 0.3) is 0 Å². The topological polar surface area (TPSA) is 93.7 Å². The summed E-state index contributed by atoms with van der Waals surface area (Å²) in [7, 11) is 3.15. The Balaban J connectivity index is 0.000000162. The molecular weight excluding hydrogens is 360 g/mol. The summed E-state index contributed by atoms with van der Waals surface area (Å²) in [5.41, 5.74) is 4.10. The molecule has 0 atom stereocenters. The number of rotatable bonds is 3. The largest absolute Gasteiger partial charge is 0.495 e. The summed E-state index contributed by atoms with van der Waals surface area (Å²) in [6.45, 7) is 0. The third kappa shape index (κ3) is 3.98. The average Bonchev–Trinajstić information content (AvgIpc) is 2.72. The zero-order valence-corrected chi connectivity index (χ0v) is 15.8. The Morgan fingerprint density at radius 3 is 2.14 bits per heavy atom. The Hall–Kier alpha value is -3.35. The van der Waals surface area contributed by atoms with Crippen LogP contribution in [0.15, 0.2) is 30.3 Å². The monoisotopic (exact) mass is 382 g/mol. The van der Waals surface area contributed by atoms with Crippen molar-refractivity contribution in [2.24, 2.45) is 0 Å². The van der Waals surface area contributed by atoms with Crippen molar-refractivity contribution in [2.45, 2.75) is 25.7 Å². The molecule has 0 radical (unpaired) electrons. The Kier molecular flexibility index (Phi) is 5.93. The van der Waals surface area contributed by atoms with Crippen molar-refractivity contribution < 1.29 is 23.9 Å². The van der Waals surface area contributed by atoms with Gasteiger partial charge in [-0.25, -0.2) is 0 Å². The van der Waals surface area contributed by atoms with E-state index >= 15 is 0 Å². The molecule has 0 aliphatic carbocycles. The number of ether oxygens (including phenoxy) is 2. The molecule has 4 rings (SSSR count). The van der Waals surface area contributed by atoms with Crippen LogP contribution in [-0.2, 0) is 22.4 Å². The van der Waals surface area contributed by atoms with Gasteiger partial charge >= 0.3 is 0 Å². The Bertz CT molecular complexity index is 909. The van der Waals surface area contributed by atoms with Crippen LogP contribution in [0.4, 0.5) is 11.4 Å². The Labute approximate surface area is 163 Å². The van der Waals surface area contributed by atoms with Crippen molar-refractivity contribution in [1.82, 2.24) is 0 Å². The van der Waals surface area contributed by atoms with Gasteiger partial charge in [0.2, 0.25) is 11.8 Å². The van der Waals surface area contributed by atoms with E-state index in [1.54, 1.807) is 19.2 Å². The highest BCUT2D eigenvalue weighted by Gasteiger charge is 2.21. The second-order valence-electron chi connectivity index (χ2n) is 6.42. The molecule has 0 bridgehead atoms. The van der Waals surface area contributed by atoms with E-state index in [0.29, 0.717) is 36.3 Å². The zero-order chi connectivity index (χ0) is 20.1. The predicted octanol–water partition coefficient (Wildman–Crippen LogP) is 2.97. The average molecular weight is 382 g/mol. The lowest BCUT2D eigenvalue weighted by molar-refractivity contribution is -0.117. The molecule has 28 heavy (non-hydrogen) atoms. The first-order valence-corrected chi connectivity index (χ1v) is 8.98. The van der Waals surface area contributed by atoms with Gasteiger partial charge in [0.1, 0.15) is 17.8 Å². The van der Waals surface area contributed by atoms with Gasteiger partial charge in [-0.1, -0.05) is 12.1 Å². The molecule has 2 aromatic rings. The summed E-state index contributed by atoms with van der Waals surface area (Å²) < 4.78 is 10.3. The first kappa shape index (κ1) is 19.4. The van der Waals surface area contributed by atoms with Crippen LogP contribution in [0, 0.1) is 0 Å². The van der Waals surface area contributed by atoms with Crippen molar-refractivity contribution in [2.75, 3.05) is 24.9 Å². The number of carbonyl (C=O) groups excluding carboxylic acids is 3. The van der Waals surface area contributed by atoms with Gasteiger partial charge < -0.3 is 20.1 Å². The molecule has 0 fully saturated rings. The number of benzene rings is 2. The Morgan fingerprint density at radius 2 is 1.46 bits per heavy atom. The van der Waals surface area contributed by atoms with Crippen LogP contribution in [0.5, 0.6) is 11.5 Å². The first-order chi connectivity index (χ1) is 13.6. The number of methoxy groups -OCH3 is 2. The van der Waals surface area contributed by atoms with E-state index in [1.807, 2.05) is 18.2 Å². The van der Waals surface area contributed by atoms with Crippen molar-refractivity contribution in [1.29, 1.82) is 0 Å². The fourth-order valence-electron chi connectivity index (χ4n) is 3.32. The minimum absolute atomic E-state index is 0.0381. The van der Waals surface area contributed by atoms with E-state index in [1.165, 1.54) is 7.11 Å². The molecule has 2 aliphatic rings. The summed E-state index contributed by atoms with van der Waals surface area (Å²) in [5.74, 6) is 1.37. The minimum atomic E-state index is -0.0381. The van der Waals surface area contributed by atoms with Gasteiger partial charge in [-0.15, -0.1) is 0 Å². The maximum absolute atomic E-state index is 11.2. The number of amides is 2. The number of aryl methyl sites for hydroxylation is 1. The second kappa shape index (κ2) is 8.56. The number of hydrogen-bond donors (Lipinski definition) is 2. The molecule has 0 spiro atoms. The van der Waals surface area contributed by atoms with E-state index in [-0.39, 0.29) is 11.8 Å². The molecule has 2 N–H and O–H groups in total. The molecule has 7 nitrogen and oxygen atoms in total. The van der Waals surface area contributed by atoms with E-state index in [4.69, 9.17) is 9.47 Å². The highest BCUT2D eigenvalue weighted by molar-refractivity contribution is 5.98. The molecule has 0 unspecified atom stereocenters. The van der Waals surface area contributed by atoms with Crippen LogP contribution in [0.25, 0.3) is 0 Å². The van der Waals surface area contributed by atoms with Gasteiger partial charge in [0, 0.05) is 18.4 Å². The fraction of sp³-hybridized carbons (Fsp3) is 0.286. The first-order valence-electron chi connectivity index (χ1n) is 8.98. The molecule has 0 saturated heterocycles. The molecule has 2 heterocycles. The van der Waals surface area contributed by atoms with Crippen molar-refractivity contribution >= 4 is 29.5 Å². The number of aldehydes is 1. The van der Waals surface area contributed by atoms with Crippen molar-refractivity contribution in [3.05, 3.63) is 47.0 Å². The third-order valence-electron chi connectivity index (χ3n) is 4.74. The molecule has 2 aliphatic heterocycles. The molecule has 0 saturated carbocycles. The van der Waals surface area contributed by atoms with E-state index in [0.717, 1.165) is 35.3 Å². The van der Waals surface area contributed by atoms with Gasteiger partial charge in [-0.3, -0.25) is 14.4 Å². The summed E-state index contributed by atoms with van der Waals surface area (Å²) in [6.07, 6.45) is 3.18. The van der Waals surface area contributed by atoms with Gasteiger partial charge in [0.05, 0.1) is 25.6 Å². The summed E-state index contributed by atoms with van der Waals surface area (Å²) in [4.78, 5) is 33.2. The fourth-order valence-corrected chi connectivity index (χ4v) is 3.32. The highest BCUT2D eigenvalue weighted by atomic mass is 16.5. The summed E-state index contributed by atoms with van der Waals surface area (Å²) >= 11 is 0. The SMILES string of the molecule is COc1ccc(C=O)c2c1NC(=O)CC2.COc1cccc2c1NC(=O)CC2. The summed E-state index contributed by atoms with van der Waals surface area (Å²) in [5, 5.41) is 5.55. The van der Waals surface area contributed by atoms with Crippen LogP contribution in [-0.4, -0.2) is 32.3 Å². The predicted molar refractivity (Wildman–Crippen MR) is 105 cm³/mol. The van der Waals surface area contributed by atoms with E-state index in [9.17, 15) is 14.4 Å². The van der Waals surface area contributed by atoms with Crippen molar-refractivity contribution in [3.63, 3.8) is 0 Å². The number of hydrogen-bond acceptors (Lipinski definition) is 5. The zero-order valence-electron chi connectivity index (χ0n) is 15.8. The normalized spacial score (nSPS) is 14.4. The van der Waals surface area contributed by atoms with E-state index in [2.05, 4.69) is 10.6 Å². The second-order valence-corrected chi connectivity index (χ2v) is 6.42. The standard InChI is InChI=1S/C11H11NO3.C10H11NO2/c1-15-9-4-2-7(6-13)8-3-5-10(14)12-11(8)9;1-13-8-4-2-3-7-5-6-9(12)11-10(7)8/h2,4,6H,3,5H2,1H3,(H,12,14);2-4H,5-6H2,1H3,(H,11,12).